The fourth-order valence-electron chi connectivity index (χ4n) is 1.14. The first-order valence-electron chi connectivity index (χ1n) is 5.07. The SMILES string of the molecule is C=C(CCCC(C)C)NCCSC. The summed E-state index contributed by atoms with van der Waals surface area (Å²) >= 11 is 1.87. The molecular formula is C11H23NS. The van der Waals surface area contributed by atoms with Crippen LogP contribution in [0.5, 0.6) is 0 Å². The van der Waals surface area contributed by atoms with E-state index in [1.165, 1.54) is 24.3 Å². The maximum absolute atomic E-state index is 4.00. The Labute approximate surface area is 87.4 Å². The van der Waals surface area contributed by atoms with Crippen molar-refractivity contribution in [1.29, 1.82) is 0 Å². The molecule has 0 bridgehead atoms. The van der Waals surface area contributed by atoms with Crippen molar-refractivity contribution >= 4 is 11.8 Å². The Morgan fingerprint density at radius 2 is 2.15 bits per heavy atom. The molecule has 2 heteroatoms. The lowest BCUT2D eigenvalue weighted by atomic mass is 10.1. The van der Waals surface area contributed by atoms with Crippen molar-refractivity contribution in [2.45, 2.75) is 33.1 Å². The standard InChI is InChI=1S/C11H23NS/c1-10(2)6-5-7-11(3)12-8-9-13-4/h10,12H,3,5-9H2,1-2,4H3. The third-order valence-corrected chi connectivity index (χ3v) is 2.55. The third kappa shape index (κ3) is 9.81. The van der Waals surface area contributed by atoms with Gasteiger partial charge in [0.2, 0.25) is 0 Å². The van der Waals surface area contributed by atoms with Crippen LogP contribution >= 0.6 is 11.8 Å². The van der Waals surface area contributed by atoms with Crippen molar-refractivity contribution < 1.29 is 0 Å². The maximum Gasteiger partial charge on any atom is 0.0234 e. The third-order valence-electron chi connectivity index (χ3n) is 1.94. The molecule has 0 aromatic rings. The highest BCUT2D eigenvalue weighted by Crippen LogP contribution is 2.09. The molecule has 13 heavy (non-hydrogen) atoms. The van der Waals surface area contributed by atoms with Gasteiger partial charge in [-0.05, 0) is 25.0 Å². The largest absolute Gasteiger partial charge is 0.388 e. The number of rotatable bonds is 8. The van der Waals surface area contributed by atoms with Crippen molar-refractivity contribution in [2.75, 3.05) is 18.6 Å². The number of hydrogen-bond acceptors (Lipinski definition) is 2. The highest BCUT2D eigenvalue weighted by Gasteiger charge is 1.96. The van der Waals surface area contributed by atoms with Gasteiger partial charge in [0, 0.05) is 18.0 Å². The van der Waals surface area contributed by atoms with Gasteiger partial charge in [0.25, 0.3) is 0 Å². The fourth-order valence-corrected chi connectivity index (χ4v) is 1.45. The second-order valence-corrected chi connectivity index (χ2v) is 4.79. The lowest BCUT2D eigenvalue weighted by Gasteiger charge is -2.09. The van der Waals surface area contributed by atoms with Crippen LogP contribution in [0.15, 0.2) is 12.3 Å². The quantitative estimate of drug-likeness (QED) is 0.605. The summed E-state index contributed by atoms with van der Waals surface area (Å²) in [6, 6.07) is 0. The Kier molecular flexibility index (Phi) is 8.41. The van der Waals surface area contributed by atoms with E-state index in [9.17, 15) is 0 Å². The van der Waals surface area contributed by atoms with Crippen molar-refractivity contribution in [3.63, 3.8) is 0 Å². The first kappa shape index (κ1) is 12.9. The van der Waals surface area contributed by atoms with Crippen molar-refractivity contribution in [3.8, 4) is 0 Å². The average Bonchev–Trinajstić information content (AvgIpc) is 2.04. The molecule has 0 aliphatic rings. The molecule has 0 aromatic heterocycles. The molecule has 0 heterocycles. The highest BCUT2D eigenvalue weighted by atomic mass is 32.2. The molecular weight excluding hydrogens is 178 g/mol. The predicted octanol–water partition coefficient (Wildman–Crippen LogP) is 3.28. The molecule has 0 amide bonds. The topological polar surface area (TPSA) is 12.0 Å². The molecule has 0 spiro atoms. The van der Waals surface area contributed by atoms with Gasteiger partial charge in [-0.1, -0.05) is 26.8 Å². The summed E-state index contributed by atoms with van der Waals surface area (Å²) in [4.78, 5) is 0. The highest BCUT2D eigenvalue weighted by molar-refractivity contribution is 7.98. The molecule has 0 fully saturated rings. The summed E-state index contributed by atoms with van der Waals surface area (Å²) in [6.45, 7) is 9.60. The zero-order valence-electron chi connectivity index (χ0n) is 9.23. The number of thioether (sulfide) groups is 1. The van der Waals surface area contributed by atoms with E-state index in [4.69, 9.17) is 0 Å². The van der Waals surface area contributed by atoms with Crippen molar-refractivity contribution in [1.82, 2.24) is 5.32 Å². The van der Waals surface area contributed by atoms with Crippen molar-refractivity contribution in [3.05, 3.63) is 12.3 Å². The molecule has 1 N–H and O–H groups in total. The van der Waals surface area contributed by atoms with Gasteiger partial charge in [0.1, 0.15) is 0 Å². The van der Waals surface area contributed by atoms with Crippen LogP contribution in [0, 0.1) is 5.92 Å². The molecule has 0 radical (unpaired) electrons. The van der Waals surface area contributed by atoms with Gasteiger partial charge in [-0.25, -0.2) is 0 Å². The van der Waals surface area contributed by atoms with Crippen LogP contribution in [0.2, 0.25) is 0 Å². The Balaban J connectivity index is 3.20. The Morgan fingerprint density at radius 1 is 1.46 bits per heavy atom. The number of allylic oxidation sites excluding steroid dienone is 1. The van der Waals surface area contributed by atoms with Gasteiger partial charge in [-0.3, -0.25) is 0 Å². The van der Waals surface area contributed by atoms with E-state index < -0.39 is 0 Å². The first-order chi connectivity index (χ1) is 6.16. The van der Waals surface area contributed by atoms with Gasteiger partial charge in [0.05, 0.1) is 0 Å². The second-order valence-electron chi connectivity index (χ2n) is 3.81. The van der Waals surface area contributed by atoms with Crippen molar-refractivity contribution in [2.24, 2.45) is 5.92 Å². The molecule has 0 unspecified atom stereocenters. The van der Waals surface area contributed by atoms with E-state index in [2.05, 4.69) is 32.0 Å². The second kappa shape index (κ2) is 8.49. The lowest BCUT2D eigenvalue weighted by molar-refractivity contribution is 0.547. The Hall–Kier alpha value is -0.110. The smallest absolute Gasteiger partial charge is 0.0234 e. The van der Waals surface area contributed by atoms with E-state index in [0.29, 0.717) is 0 Å². The summed E-state index contributed by atoms with van der Waals surface area (Å²) in [5, 5.41) is 3.34. The van der Waals surface area contributed by atoms with Crippen LogP contribution in [0.4, 0.5) is 0 Å². The number of hydrogen-bond donors (Lipinski definition) is 1. The number of nitrogens with one attached hydrogen (secondary N) is 1. The molecule has 0 rings (SSSR count). The molecule has 0 atom stereocenters. The van der Waals surface area contributed by atoms with Crippen LogP contribution in [-0.2, 0) is 0 Å². The van der Waals surface area contributed by atoms with E-state index in [-0.39, 0.29) is 0 Å². The Bertz CT molecular complexity index is 132. The molecule has 0 aliphatic heterocycles. The average molecular weight is 201 g/mol. The molecule has 0 saturated heterocycles. The fraction of sp³-hybridized carbons (Fsp3) is 0.818. The van der Waals surface area contributed by atoms with Crippen LogP contribution in [0.3, 0.4) is 0 Å². The zero-order valence-corrected chi connectivity index (χ0v) is 10.0. The monoisotopic (exact) mass is 201 g/mol. The minimum Gasteiger partial charge on any atom is -0.388 e. The summed E-state index contributed by atoms with van der Waals surface area (Å²) in [7, 11) is 0. The van der Waals surface area contributed by atoms with E-state index in [1.807, 2.05) is 11.8 Å². The molecule has 0 saturated carbocycles. The van der Waals surface area contributed by atoms with Crippen LogP contribution in [-0.4, -0.2) is 18.6 Å². The van der Waals surface area contributed by atoms with Crippen LogP contribution < -0.4 is 5.32 Å². The van der Waals surface area contributed by atoms with Gasteiger partial charge < -0.3 is 5.32 Å². The minimum atomic E-state index is 0.819. The lowest BCUT2D eigenvalue weighted by Crippen LogP contribution is -2.15. The van der Waals surface area contributed by atoms with E-state index in [1.54, 1.807) is 0 Å². The summed E-state index contributed by atoms with van der Waals surface area (Å²) in [6.07, 6.45) is 5.84. The first-order valence-corrected chi connectivity index (χ1v) is 6.46. The maximum atomic E-state index is 4.00. The minimum absolute atomic E-state index is 0.819. The van der Waals surface area contributed by atoms with Gasteiger partial charge in [-0.15, -0.1) is 0 Å². The van der Waals surface area contributed by atoms with Crippen LogP contribution in [0.25, 0.3) is 0 Å². The summed E-state index contributed by atoms with van der Waals surface area (Å²) in [5.74, 6) is 1.99. The Morgan fingerprint density at radius 3 is 2.69 bits per heavy atom. The molecule has 0 aromatic carbocycles. The summed E-state index contributed by atoms with van der Waals surface area (Å²) in [5.41, 5.74) is 1.20. The van der Waals surface area contributed by atoms with E-state index >= 15 is 0 Å². The normalized spacial score (nSPS) is 10.5. The predicted molar refractivity (Wildman–Crippen MR) is 64.2 cm³/mol. The molecule has 1 nitrogen and oxygen atoms in total. The molecule has 0 aliphatic carbocycles. The van der Waals surface area contributed by atoms with E-state index in [0.717, 1.165) is 18.9 Å². The zero-order chi connectivity index (χ0) is 10.1. The van der Waals surface area contributed by atoms with Gasteiger partial charge in [-0.2, -0.15) is 11.8 Å². The summed E-state index contributed by atoms with van der Waals surface area (Å²) < 4.78 is 0. The van der Waals surface area contributed by atoms with Gasteiger partial charge in [0.15, 0.2) is 0 Å². The molecule has 78 valence electrons. The van der Waals surface area contributed by atoms with Gasteiger partial charge >= 0.3 is 0 Å². The van der Waals surface area contributed by atoms with Crippen LogP contribution in [0.1, 0.15) is 33.1 Å².